The van der Waals surface area contributed by atoms with Crippen LogP contribution in [0.15, 0.2) is 121 Å². The van der Waals surface area contributed by atoms with Gasteiger partial charge in [0.25, 0.3) is 0 Å². The van der Waals surface area contributed by atoms with Gasteiger partial charge in [-0.15, -0.1) is 0 Å². The molecular formula is C29H31NO4. The minimum absolute atomic E-state index is 0.333. The van der Waals surface area contributed by atoms with E-state index in [0.717, 1.165) is 16.7 Å². The van der Waals surface area contributed by atoms with Crippen LogP contribution in [-0.2, 0) is 34.0 Å². The van der Waals surface area contributed by atoms with Crippen molar-refractivity contribution < 1.29 is 19.4 Å². The highest BCUT2D eigenvalue weighted by molar-refractivity contribution is 5.63. The number of rotatable bonds is 14. The Hall–Kier alpha value is -3.51. The van der Waals surface area contributed by atoms with E-state index in [9.17, 15) is 5.21 Å². The van der Waals surface area contributed by atoms with Crippen molar-refractivity contribution in [2.24, 2.45) is 5.16 Å². The normalized spacial score (nSPS) is 14.2. The van der Waals surface area contributed by atoms with Crippen molar-refractivity contribution >= 4 is 6.21 Å². The molecule has 0 fully saturated rings. The summed E-state index contributed by atoms with van der Waals surface area (Å²) in [7, 11) is 0. The lowest BCUT2D eigenvalue weighted by Crippen LogP contribution is -2.42. The fourth-order valence-electron chi connectivity index (χ4n) is 3.41. The Morgan fingerprint density at radius 1 is 0.676 bits per heavy atom. The molecule has 5 heteroatoms. The standard InChI is InChI=1S/C29H31NO4/c1-2-3-19-27(32-21-24-13-7-4-8-14-24)29(34-23-26-17-11-6-12-18-26)28(20-30-31)33-22-25-15-9-5-10-16-25/h2-20,27-29,31H,1,21-23H2/b19-3+,30-20+/t27-,28+,29+/m1/s1. The second-order valence-electron chi connectivity index (χ2n) is 7.67. The largest absolute Gasteiger partial charge is 0.411 e. The third-order valence-corrected chi connectivity index (χ3v) is 5.15. The summed E-state index contributed by atoms with van der Waals surface area (Å²) in [4.78, 5) is 0. The second kappa shape index (κ2) is 14.6. The van der Waals surface area contributed by atoms with E-state index in [1.807, 2.05) is 103 Å². The molecule has 0 saturated carbocycles. The average Bonchev–Trinajstić information content (AvgIpc) is 2.90. The zero-order chi connectivity index (χ0) is 23.8. The predicted molar refractivity (Wildman–Crippen MR) is 135 cm³/mol. The van der Waals surface area contributed by atoms with Crippen LogP contribution in [0.5, 0.6) is 0 Å². The van der Waals surface area contributed by atoms with E-state index >= 15 is 0 Å². The topological polar surface area (TPSA) is 60.3 Å². The van der Waals surface area contributed by atoms with Gasteiger partial charge in [0.15, 0.2) is 0 Å². The van der Waals surface area contributed by atoms with Gasteiger partial charge in [-0.3, -0.25) is 0 Å². The van der Waals surface area contributed by atoms with Crippen molar-refractivity contribution in [1.82, 2.24) is 0 Å². The molecule has 0 saturated heterocycles. The molecule has 5 nitrogen and oxygen atoms in total. The van der Waals surface area contributed by atoms with Gasteiger partial charge in [-0.05, 0) is 16.7 Å². The van der Waals surface area contributed by atoms with Gasteiger partial charge in [0.05, 0.1) is 26.0 Å². The molecule has 0 unspecified atom stereocenters. The van der Waals surface area contributed by atoms with Crippen LogP contribution in [0.4, 0.5) is 0 Å². The maximum atomic E-state index is 9.39. The van der Waals surface area contributed by atoms with Gasteiger partial charge in [0, 0.05) is 0 Å². The number of benzene rings is 3. The van der Waals surface area contributed by atoms with E-state index in [0.29, 0.717) is 19.8 Å². The molecule has 0 aliphatic heterocycles. The van der Waals surface area contributed by atoms with Crippen molar-refractivity contribution in [3.63, 3.8) is 0 Å². The Morgan fingerprint density at radius 3 is 1.56 bits per heavy atom. The molecule has 34 heavy (non-hydrogen) atoms. The Balaban J connectivity index is 1.83. The van der Waals surface area contributed by atoms with Gasteiger partial charge in [-0.25, -0.2) is 0 Å². The van der Waals surface area contributed by atoms with E-state index in [-0.39, 0.29) is 0 Å². The summed E-state index contributed by atoms with van der Waals surface area (Å²) < 4.78 is 18.8. The van der Waals surface area contributed by atoms with Crippen LogP contribution in [-0.4, -0.2) is 29.7 Å². The third-order valence-electron chi connectivity index (χ3n) is 5.15. The summed E-state index contributed by atoms with van der Waals surface area (Å²) in [6.45, 7) is 4.85. The lowest BCUT2D eigenvalue weighted by molar-refractivity contribution is -0.117. The molecule has 0 radical (unpaired) electrons. The fourth-order valence-corrected chi connectivity index (χ4v) is 3.41. The maximum absolute atomic E-state index is 9.39. The molecule has 1 N–H and O–H groups in total. The first-order valence-electron chi connectivity index (χ1n) is 11.2. The number of oxime groups is 1. The highest BCUT2D eigenvalue weighted by atomic mass is 16.6. The molecular weight excluding hydrogens is 426 g/mol. The van der Waals surface area contributed by atoms with Crippen LogP contribution in [0, 0.1) is 0 Å². The van der Waals surface area contributed by atoms with E-state index in [4.69, 9.17) is 14.2 Å². The van der Waals surface area contributed by atoms with Gasteiger partial charge in [0.2, 0.25) is 0 Å². The van der Waals surface area contributed by atoms with E-state index in [2.05, 4.69) is 11.7 Å². The Morgan fingerprint density at radius 2 is 1.12 bits per heavy atom. The van der Waals surface area contributed by atoms with Gasteiger partial charge < -0.3 is 19.4 Å². The second-order valence-corrected chi connectivity index (χ2v) is 7.67. The lowest BCUT2D eigenvalue weighted by Gasteiger charge is -2.30. The molecule has 0 aliphatic carbocycles. The van der Waals surface area contributed by atoms with Crippen molar-refractivity contribution in [3.05, 3.63) is 132 Å². The number of nitrogens with zero attached hydrogens (tertiary/aromatic N) is 1. The summed E-state index contributed by atoms with van der Waals surface area (Å²) >= 11 is 0. The molecule has 0 aliphatic rings. The number of hydrogen-bond acceptors (Lipinski definition) is 5. The lowest BCUT2D eigenvalue weighted by atomic mass is 10.1. The SMILES string of the molecule is C=C/C=C/[C@@H](OCc1ccccc1)[C@H](OCc1ccccc1)[C@H](/C=N/O)OCc1ccccc1. The molecule has 3 rings (SSSR count). The zero-order valence-corrected chi connectivity index (χ0v) is 19.1. The zero-order valence-electron chi connectivity index (χ0n) is 19.1. The van der Waals surface area contributed by atoms with Crippen LogP contribution in [0.2, 0.25) is 0 Å². The number of ether oxygens (including phenoxy) is 3. The van der Waals surface area contributed by atoms with Crippen LogP contribution < -0.4 is 0 Å². The van der Waals surface area contributed by atoms with E-state index in [1.54, 1.807) is 6.08 Å². The van der Waals surface area contributed by atoms with Crippen LogP contribution in [0.3, 0.4) is 0 Å². The smallest absolute Gasteiger partial charge is 0.125 e. The first-order chi connectivity index (χ1) is 16.8. The first kappa shape index (κ1) is 25.1. The van der Waals surface area contributed by atoms with E-state index < -0.39 is 18.3 Å². The average molecular weight is 458 g/mol. The summed E-state index contributed by atoms with van der Waals surface area (Å²) in [5.74, 6) is 0. The van der Waals surface area contributed by atoms with E-state index in [1.165, 1.54) is 6.21 Å². The molecule has 3 aromatic carbocycles. The predicted octanol–water partition coefficient (Wildman–Crippen LogP) is 5.94. The molecule has 0 aromatic heterocycles. The van der Waals surface area contributed by atoms with Gasteiger partial charge in [-0.2, -0.15) is 0 Å². The van der Waals surface area contributed by atoms with Crippen molar-refractivity contribution in [2.75, 3.05) is 0 Å². The molecule has 0 spiro atoms. The number of hydrogen-bond donors (Lipinski definition) is 1. The molecule has 3 aromatic rings. The highest BCUT2D eigenvalue weighted by Gasteiger charge is 2.30. The van der Waals surface area contributed by atoms with Crippen molar-refractivity contribution in [3.8, 4) is 0 Å². The van der Waals surface area contributed by atoms with Crippen molar-refractivity contribution in [1.29, 1.82) is 0 Å². The number of allylic oxidation sites excluding steroid dienone is 2. The Kier molecular flexibility index (Phi) is 10.8. The maximum Gasteiger partial charge on any atom is 0.125 e. The minimum atomic E-state index is -0.663. The first-order valence-corrected chi connectivity index (χ1v) is 11.2. The van der Waals surface area contributed by atoms with Gasteiger partial charge in [0.1, 0.15) is 18.3 Å². The molecule has 0 bridgehead atoms. The summed E-state index contributed by atoms with van der Waals surface area (Å²) in [6, 6.07) is 29.6. The summed E-state index contributed by atoms with van der Waals surface area (Å²) in [6.07, 6.45) is 5.01. The van der Waals surface area contributed by atoms with Gasteiger partial charge in [-0.1, -0.05) is 121 Å². The Labute approximate surface area is 201 Å². The van der Waals surface area contributed by atoms with Crippen LogP contribution in [0.25, 0.3) is 0 Å². The van der Waals surface area contributed by atoms with Crippen LogP contribution in [0.1, 0.15) is 16.7 Å². The summed E-state index contributed by atoms with van der Waals surface area (Å²) in [5, 5.41) is 12.7. The molecule has 0 amide bonds. The van der Waals surface area contributed by atoms with Crippen LogP contribution >= 0.6 is 0 Å². The van der Waals surface area contributed by atoms with Crippen molar-refractivity contribution in [2.45, 2.75) is 38.1 Å². The highest BCUT2D eigenvalue weighted by Crippen LogP contribution is 2.19. The minimum Gasteiger partial charge on any atom is -0.411 e. The summed E-state index contributed by atoms with van der Waals surface area (Å²) in [5.41, 5.74) is 3.06. The quantitative estimate of drug-likeness (QED) is 0.141. The van der Waals surface area contributed by atoms with Gasteiger partial charge >= 0.3 is 0 Å². The Bertz CT molecular complexity index is 1010. The molecule has 3 atom stereocenters. The monoisotopic (exact) mass is 457 g/mol. The molecule has 176 valence electrons. The molecule has 0 heterocycles. The fraction of sp³-hybridized carbons (Fsp3) is 0.207. The third kappa shape index (κ3) is 8.45.